The third kappa shape index (κ3) is 1.32. The highest BCUT2D eigenvalue weighted by molar-refractivity contribution is 7.18. The van der Waals surface area contributed by atoms with E-state index in [1.54, 1.807) is 11.3 Å². The van der Waals surface area contributed by atoms with Crippen LogP contribution in [0, 0.1) is 13.8 Å². The summed E-state index contributed by atoms with van der Waals surface area (Å²) in [5.41, 5.74) is 7.22. The molecular formula is C11H13N3S. The maximum atomic E-state index is 5.99. The van der Waals surface area contributed by atoms with E-state index in [1.807, 2.05) is 0 Å². The highest BCUT2D eigenvalue weighted by Gasteiger charge is 2.27. The largest absolute Gasteiger partial charge is 0.383 e. The minimum Gasteiger partial charge on any atom is -0.383 e. The number of nitrogens with zero attached hydrogens (tertiary/aromatic N) is 2. The van der Waals surface area contributed by atoms with Gasteiger partial charge < -0.3 is 5.73 Å². The molecule has 0 radical (unpaired) electrons. The summed E-state index contributed by atoms with van der Waals surface area (Å²) in [4.78, 5) is 11.4. The second-order valence-corrected chi connectivity index (χ2v) is 5.41. The molecule has 3 rings (SSSR count). The molecule has 2 N–H and O–H groups in total. The fourth-order valence-corrected chi connectivity index (χ4v) is 2.87. The molecule has 0 bridgehead atoms. The number of fused-ring (bicyclic) bond motifs is 1. The van der Waals surface area contributed by atoms with Gasteiger partial charge in [0.15, 0.2) is 0 Å². The minimum absolute atomic E-state index is 0.569. The Balaban J connectivity index is 2.31. The Bertz CT molecular complexity index is 540. The Morgan fingerprint density at radius 3 is 2.67 bits per heavy atom. The van der Waals surface area contributed by atoms with Gasteiger partial charge in [-0.15, -0.1) is 11.3 Å². The Labute approximate surface area is 92.4 Å². The first-order valence-corrected chi connectivity index (χ1v) is 6.01. The van der Waals surface area contributed by atoms with Crippen LogP contribution in [0.2, 0.25) is 0 Å². The van der Waals surface area contributed by atoms with Crippen LogP contribution >= 0.6 is 11.3 Å². The molecule has 2 aromatic rings. The van der Waals surface area contributed by atoms with Gasteiger partial charge in [0.25, 0.3) is 0 Å². The molecule has 0 aromatic carbocycles. The maximum Gasteiger partial charge on any atom is 0.136 e. The van der Waals surface area contributed by atoms with Crippen molar-refractivity contribution in [1.82, 2.24) is 9.97 Å². The zero-order chi connectivity index (χ0) is 10.6. The van der Waals surface area contributed by atoms with Crippen LogP contribution in [-0.4, -0.2) is 9.97 Å². The second kappa shape index (κ2) is 2.92. The van der Waals surface area contributed by atoms with E-state index in [9.17, 15) is 0 Å². The lowest BCUT2D eigenvalue weighted by Gasteiger charge is -2.01. The van der Waals surface area contributed by atoms with Gasteiger partial charge in [-0.3, -0.25) is 0 Å². The van der Waals surface area contributed by atoms with E-state index < -0.39 is 0 Å². The number of anilines is 1. The lowest BCUT2D eigenvalue weighted by atomic mass is 10.2. The third-order valence-electron chi connectivity index (χ3n) is 3.02. The Morgan fingerprint density at radius 1 is 1.27 bits per heavy atom. The van der Waals surface area contributed by atoms with Crippen LogP contribution in [-0.2, 0) is 0 Å². The van der Waals surface area contributed by atoms with Gasteiger partial charge in [-0.1, -0.05) is 0 Å². The lowest BCUT2D eigenvalue weighted by molar-refractivity contribution is 0.955. The molecule has 2 aromatic heterocycles. The average molecular weight is 219 g/mol. The predicted molar refractivity (Wildman–Crippen MR) is 63.3 cm³/mol. The summed E-state index contributed by atoms with van der Waals surface area (Å²) in [5, 5.41) is 1.06. The highest BCUT2D eigenvalue weighted by atomic mass is 32.1. The first-order chi connectivity index (χ1) is 7.16. The van der Waals surface area contributed by atoms with Crippen LogP contribution in [0.4, 0.5) is 5.82 Å². The zero-order valence-corrected chi connectivity index (χ0v) is 9.69. The van der Waals surface area contributed by atoms with Crippen molar-refractivity contribution in [3.05, 3.63) is 16.3 Å². The van der Waals surface area contributed by atoms with Crippen molar-refractivity contribution in [2.45, 2.75) is 32.6 Å². The molecule has 0 saturated heterocycles. The van der Waals surface area contributed by atoms with E-state index in [-0.39, 0.29) is 0 Å². The van der Waals surface area contributed by atoms with Crippen LogP contribution in [0.3, 0.4) is 0 Å². The number of hydrogen-bond donors (Lipinski definition) is 1. The summed E-state index contributed by atoms with van der Waals surface area (Å²) < 4.78 is 0. The predicted octanol–water partition coefficient (Wildman–Crippen LogP) is 2.77. The summed E-state index contributed by atoms with van der Waals surface area (Å²) in [6.45, 7) is 4.20. The van der Waals surface area contributed by atoms with Crippen molar-refractivity contribution >= 4 is 27.4 Å². The van der Waals surface area contributed by atoms with Crippen LogP contribution in [0.1, 0.15) is 35.0 Å². The monoisotopic (exact) mass is 219 g/mol. The first-order valence-electron chi connectivity index (χ1n) is 5.20. The van der Waals surface area contributed by atoms with Gasteiger partial charge in [0.2, 0.25) is 0 Å². The quantitative estimate of drug-likeness (QED) is 0.802. The molecule has 0 atom stereocenters. The summed E-state index contributed by atoms with van der Waals surface area (Å²) in [5.74, 6) is 2.17. The summed E-state index contributed by atoms with van der Waals surface area (Å²) in [6.07, 6.45) is 2.43. The van der Waals surface area contributed by atoms with Crippen LogP contribution in [0.25, 0.3) is 10.2 Å². The van der Waals surface area contributed by atoms with Gasteiger partial charge in [-0.05, 0) is 32.3 Å². The molecule has 2 heterocycles. The molecule has 1 fully saturated rings. The van der Waals surface area contributed by atoms with E-state index in [0.717, 1.165) is 16.0 Å². The molecule has 0 amide bonds. The zero-order valence-electron chi connectivity index (χ0n) is 8.87. The molecule has 0 aliphatic heterocycles. The number of hydrogen-bond acceptors (Lipinski definition) is 4. The fraction of sp³-hybridized carbons (Fsp3) is 0.455. The Morgan fingerprint density at radius 2 is 2.00 bits per heavy atom. The van der Waals surface area contributed by atoms with Crippen LogP contribution in [0.15, 0.2) is 0 Å². The number of rotatable bonds is 1. The minimum atomic E-state index is 0.569. The maximum absolute atomic E-state index is 5.99. The van der Waals surface area contributed by atoms with Crippen molar-refractivity contribution < 1.29 is 0 Å². The van der Waals surface area contributed by atoms with Crippen molar-refractivity contribution in [3.8, 4) is 0 Å². The van der Waals surface area contributed by atoms with Crippen LogP contribution in [0.5, 0.6) is 0 Å². The molecule has 3 nitrogen and oxygen atoms in total. The first kappa shape index (κ1) is 9.09. The van der Waals surface area contributed by atoms with E-state index in [0.29, 0.717) is 11.7 Å². The smallest absolute Gasteiger partial charge is 0.136 e. The van der Waals surface area contributed by atoms with E-state index >= 15 is 0 Å². The van der Waals surface area contributed by atoms with Crippen molar-refractivity contribution in [3.63, 3.8) is 0 Å². The number of aryl methyl sites for hydroxylation is 2. The van der Waals surface area contributed by atoms with Crippen molar-refractivity contribution in [2.75, 3.05) is 5.73 Å². The normalized spacial score (nSPS) is 16.1. The van der Waals surface area contributed by atoms with Crippen molar-refractivity contribution in [2.24, 2.45) is 0 Å². The fourth-order valence-electron chi connectivity index (χ4n) is 1.82. The van der Waals surface area contributed by atoms with Gasteiger partial charge in [-0.25, -0.2) is 9.97 Å². The summed E-state index contributed by atoms with van der Waals surface area (Å²) in [7, 11) is 0. The highest BCUT2D eigenvalue weighted by Crippen LogP contribution is 2.40. The van der Waals surface area contributed by atoms with E-state index in [4.69, 9.17) is 5.73 Å². The average Bonchev–Trinajstić information content (AvgIpc) is 2.95. The summed E-state index contributed by atoms with van der Waals surface area (Å²) >= 11 is 1.72. The van der Waals surface area contributed by atoms with Gasteiger partial charge in [-0.2, -0.15) is 0 Å². The van der Waals surface area contributed by atoms with Crippen molar-refractivity contribution in [1.29, 1.82) is 0 Å². The topological polar surface area (TPSA) is 51.8 Å². The molecule has 78 valence electrons. The second-order valence-electron chi connectivity index (χ2n) is 4.20. The lowest BCUT2D eigenvalue weighted by Crippen LogP contribution is -1.98. The molecule has 1 aliphatic rings. The molecular weight excluding hydrogens is 206 g/mol. The molecule has 1 saturated carbocycles. The Hall–Kier alpha value is -1.16. The van der Waals surface area contributed by atoms with Gasteiger partial charge in [0.05, 0.1) is 5.39 Å². The SMILES string of the molecule is Cc1sc2nc(C3CC3)nc(N)c2c1C. The van der Waals surface area contributed by atoms with E-state index in [2.05, 4.69) is 23.8 Å². The molecule has 0 spiro atoms. The third-order valence-corrected chi connectivity index (χ3v) is 4.12. The molecule has 0 unspecified atom stereocenters. The number of thiophene rings is 1. The van der Waals surface area contributed by atoms with Gasteiger partial charge in [0, 0.05) is 10.8 Å². The number of nitrogens with two attached hydrogens (primary N) is 1. The van der Waals surface area contributed by atoms with E-state index in [1.165, 1.54) is 23.3 Å². The molecule has 1 aliphatic carbocycles. The standard InChI is InChI=1S/C11H13N3S/c1-5-6(2)15-11-8(5)9(12)13-10(14-11)7-3-4-7/h7H,3-4H2,1-2H3,(H2,12,13,14). The summed E-state index contributed by atoms with van der Waals surface area (Å²) in [6, 6.07) is 0. The number of nitrogen functional groups attached to an aromatic ring is 1. The van der Waals surface area contributed by atoms with Gasteiger partial charge in [0.1, 0.15) is 16.5 Å². The Kier molecular flexibility index (Phi) is 1.77. The van der Waals surface area contributed by atoms with Gasteiger partial charge >= 0.3 is 0 Å². The molecule has 15 heavy (non-hydrogen) atoms. The molecule has 4 heteroatoms. The number of aromatic nitrogens is 2. The van der Waals surface area contributed by atoms with Crippen LogP contribution < -0.4 is 5.73 Å².